The minimum atomic E-state index is -0.210. The normalized spacial score (nSPS) is 13.5. The Kier molecular flexibility index (Phi) is 9.42. The summed E-state index contributed by atoms with van der Waals surface area (Å²) in [6.45, 7) is 12.7. The Morgan fingerprint density at radius 3 is 2.08 bits per heavy atom. The van der Waals surface area contributed by atoms with Crippen molar-refractivity contribution in [2.45, 2.75) is 53.5 Å². The van der Waals surface area contributed by atoms with E-state index in [9.17, 15) is 4.79 Å². The molecule has 4 aromatic rings. The summed E-state index contributed by atoms with van der Waals surface area (Å²) >= 11 is 0. The summed E-state index contributed by atoms with van der Waals surface area (Å²) < 4.78 is 2.29. The highest BCUT2D eigenvalue weighted by Gasteiger charge is 2.39. The van der Waals surface area contributed by atoms with Crippen LogP contribution in [0.2, 0.25) is 0 Å². The van der Waals surface area contributed by atoms with Crippen LogP contribution in [0.1, 0.15) is 67.3 Å². The summed E-state index contributed by atoms with van der Waals surface area (Å²) in [6.07, 6.45) is 2.95. The summed E-state index contributed by atoms with van der Waals surface area (Å²) in [6, 6.07) is 29.0. The van der Waals surface area contributed by atoms with Crippen LogP contribution >= 0.6 is 0 Å². The summed E-state index contributed by atoms with van der Waals surface area (Å²) in [7, 11) is 4.22. The lowest BCUT2D eigenvalue weighted by molar-refractivity contribution is 0.0797. The highest BCUT2D eigenvalue weighted by atomic mass is 16.1. The van der Waals surface area contributed by atoms with E-state index in [0.717, 1.165) is 41.2 Å². The van der Waals surface area contributed by atoms with E-state index in [1.165, 1.54) is 5.56 Å². The van der Waals surface area contributed by atoms with E-state index >= 15 is 0 Å². The fraction of sp³-hybridized carbons (Fsp3) is 0.389. The quantitative estimate of drug-likeness (QED) is 0.172. The van der Waals surface area contributed by atoms with Gasteiger partial charge in [0.25, 0.3) is 0 Å². The molecule has 2 atom stereocenters. The monoisotopic (exact) mass is 535 g/mol. The fourth-order valence-electron chi connectivity index (χ4n) is 6.12. The summed E-state index contributed by atoms with van der Waals surface area (Å²) in [4.78, 5) is 22.0. The lowest BCUT2D eigenvalue weighted by atomic mass is 9.70. The van der Waals surface area contributed by atoms with Crippen molar-refractivity contribution in [1.82, 2.24) is 14.5 Å². The second-order valence-electron chi connectivity index (χ2n) is 12.7. The van der Waals surface area contributed by atoms with Crippen LogP contribution in [0.15, 0.2) is 91.1 Å². The lowest BCUT2D eigenvalue weighted by Crippen LogP contribution is -2.36. The molecule has 40 heavy (non-hydrogen) atoms. The van der Waals surface area contributed by atoms with E-state index in [-0.39, 0.29) is 29.0 Å². The van der Waals surface area contributed by atoms with Gasteiger partial charge in [-0.25, -0.2) is 4.98 Å². The minimum absolute atomic E-state index is 0.0450. The van der Waals surface area contributed by atoms with Gasteiger partial charge in [0.2, 0.25) is 0 Å². The number of benzene rings is 3. The molecule has 0 saturated carbocycles. The Bertz CT molecular complexity index is 1370. The number of carbonyl (C=O) groups is 1. The number of hydrogen-bond donors (Lipinski definition) is 0. The molecule has 4 heteroatoms. The Balaban J connectivity index is 1.86. The molecule has 0 N–H and O–H groups in total. The van der Waals surface area contributed by atoms with Crippen molar-refractivity contribution >= 4 is 5.78 Å². The second-order valence-corrected chi connectivity index (χ2v) is 12.7. The van der Waals surface area contributed by atoms with Crippen LogP contribution in [0.4, 0.5) is 0 Å². The Hall–Kier alpha value is -3.50. The van der Waals surface area contributed by atoms with Crippen molar-refractivity contribution in [3.05, 3.63) is 114 Å². The van der Waals surface area contributed by atoms with Crippen LogP contribution in [-0.4, -0.2) is 40.9 Å². The highest BCUT2D eigenvalue weighted by molar-refractivity contribution is 5.98. The second kappa shape index (κ2) is 12.8. The smallest absolute Gasteiger partial charge is 0.166 e. The lowest BCUT2D eigenvalue weighted by Gasteiger charge is -2.36. The first kappa shape index (κ1) is 29.5. The summed E-state index contributed by atoms with van der Waals surface area (Å²) in [5.74, 6) is 1.16. The number of rotatable bonds is 12. The topological polar surface area (TPSA) is 38.1 Å². The van der Waals surface area contributed by atoms with Gasteiger partial charge in [-0.3, -0.25) is 4.79 Å². The third-order valence-corrected chi connectivity index (χ3v) is 7.71. The maximum absolute atomic E-state index is 14.4. The molecule has 1 unspecified atom stereocenters. The van der Waals surface area contributed by atoms with Gasteiger partial charge in [0.05, 0.1) is 5.69 Å². The zero-order chi connectivity index (χ0) is 28.9. The minimum Gasteiger partial charge on any atom is -0.330 e. The van der Waals surface area contributed by atoms with Crippen LogP contribution in [0.5, 0.6) is 0 Å². The van der Waals surface area contributed by atoms with Gasteiger partial charge in [0, 0.05) is 42.2 Å². The predicted octanol–water partition coefficient (Wildman–Crippen LogP) is 8.12. The van der Waals surface area contributed by atoms with Crippen molar-refractivity contribution in [1.29, 1.82) is 0 Å². The molecule has 0 aliphatic heterocycles. The third-order valence-electron chi connectivity index (χ3n) is 7.71. The fourth-order valence-corrected chi connectivity index (χ4v) is 6.12. The Labute approximate surface area is 241 Å². The van der Waals surface area contributed by atoms with Crippen molar-refractivity contribution in [2.75, 3.05) is 20.6 Å². The molecule has 0 aliphatic carbocycles. The molecule has 0 bridgehead atoms. The molecule has 210 valence electrons. The zero-order valence-electron chi connectivity index (χ0n) is 25.3. The molecule has 0 amide bonds. The molecule has 4 rings (SSSR count). The first-order valence-electron chi connectivity index (χ1n) is 14.5. The molecule has 0 fully saturated rings. The van der Waals surface area contributed by atoms with Gasteiger partial charge in [-0.15, -0.1) is 0 Å². The van der Waals surface area contributed by atoms with Crippen LogP contribution in [0, 0.1) is 24.2 Å². The first-order chi connectivity index (χ1) is 19.0. The predicted molar refractivity (Wildman–Crippen MR) is 167 cm³/mol. The number of aryl methyl sites for hydroxylation is 1. The van der Waals surface area contributed by atoms with E-state index in [1.54, 1.807) is 0 Å². The number of Topliss-reactive ketones (excluding diaryl/α,β-unsaturated/α-hetero) is 1. The SMILES string of the molecule is Cc1ccc(C(=O)[C@H](CC(C)(C)CN(C)C)C(c2nc(-c3ccccc3)cn2Cc2ccccc2)C(C)C)cc1. The number of imidazole rings is 1. The molecule has 1 heterocycles. The summed E-state index contributed by atoms with van der Waals surface area (Å²) in [5.41, 5.74) is 5.15. The van der Waals surface area contributed by atoms with Gasteiger partial charge in [-0.05, 0) is 44.3 Å². The largest absolute Gasteiger partial charge is 0.330 e. The number of aromatic nitrogens is 2. The van der Waals surface area contributed by atoms with E-state index in [1.807, 2.05) is 36.4 Å². The van der Waals surface area contributed by atoms with Crippen LogP contribution in [0.25, 0.3) is 11.3 Å². The van der Waals surface area contributed by atoms with Crippen molar-refractivity contribution in [3.63, 3.8) is 0 Å². The zero-order valence-corrected chi connectivity index (χ0v) is 25.3. The molecule has 0 saturated heterocycles. The van der Waals surface area contributed by atoms with Gasteiger partial charge >= 0.3 is 0 Å². The van der Waals surface area contributed by atoms with E-state index in [2.05, 4.69) is 113 Å². The van der Waals surface area contributed by atoms with Crippen LogP contribution in [0.3, 0.4) is 0 Å². The molecular formula is C36H45N3O. The summed E-state index contributed by atoms with van der Waals surface area (Å²) in [5, 5.41) is 0. The molecule has 0 spiro atoms. The Morgan fingerprint density at radius 2 is 1.50 bits per heavy atom. The van der Waals surface area contributed by atoms with Crippen LogP contribution < -0.4 is 0 Å². The number of nitrogens with zero attached hydrogens (tertiary/aromatic N) is 3. The molecule has 0 radical (unpaired) electrons. The molecule has 4 nitrogen and oxygen atoms in total. The standard InChI is InChI=1S/C36H45N3O/c1-26(2)33(31(22-36(4,5)25-38(6)7)34(40)30-20-18-27(3)19-21-30)35-37-32(29-16-12-9-13-17-29)24-39(35)23-28-14-10-8-11-15-28/h8-21,24,26,31,33H,22-23,25H2,1-7H3/t31-,33?/m1/s1. The Morgan fingerprint density at radius 1 is 0.900 bits per heavy atom. The molecular weight excluding hydrogens is 490 g/mol. The number of carbonyl (C=O) groups excluding carboxylic acids is 1. The molecule has 0 aliphatic rings. The average Bonchev–Trinajstić information content (AvgIpc) is 3.31. The van der Waals surface area contributed by atoms with Crippen molar-refractivity contribution in [2.24, 2.45) is 17.3 Å². The van der Waals surface area contributed by atoms with Gasteiger partial charge < -0.3 is 9.47 Å². The van der Waals surface area contributed by atoms with Crippen LogP contribution in [-0.2, 0) is 6.54 Å². The van der Waals surface area contributed by atoms with E-state index in [4.69, 9.17) is 4.98 Å². The van der Waals surface area contributed by atoms with Gasteiger partial charge in [-0.1, -0.05) is 118 Å². The van der Waals surface area contributed by atoms with Gasteiger partial charge in [0.1, 0.15) is 5.82 Å². The first-order valence-corrected chi connectivity index (χ1v) is 14.5. The molecule has 3 aromatic carbocycles. The maximum atomic E-state index is 14.4. The van der Waals surface area contributed by atoms with Crippen molar-refractivity contribution in [3.8, 4) is 11.3 Å². The number of ketones is 1. The van der Waals surface area contributed by atoms with Gasteiger partial charge in [-0.2, -0.15) is 0 Å². The van der Waals surface area contributed by atoms with Gasteiger partial charge in [0.15, 0.2) is 5.78 Å². The number of hydrogen-bond acceptors (Lipinski definition) is 3. The van der Waals surface area contributed by atoms with E-state index in [0.29, 0.717) is 6.54 Å². The molecule has 1 aromatic heterocycles. The van der Waals surface area contributed by atoms with E-state index < -0.39 is 0 Å². The van der Waals surface area contributed by atoms with Crippen molar-refractivity contribution < 1.29 is 4.79 Å². The third kappa shape index (κ3) is 7.37. The maximum Gasteiger partial charge on any atom is 0.166 e. The highest BCUT2D eigenvalue weighted by Crippen LogP contribution is 2.41. The average molecular weight is 536 g/mol.